The van der Waals surface area contributed by atoms with E-state index in [9.17, 15) is 9.59 Å². The smallest absolute Gasteiger partial charge is 0.338 e. The predicted molar refractivity (Wildman–Crippen MR) is 91.9 cm³/mol. The van der Waals surface area contributed by atoms with Crippen molar-refractivity contribution in [2.45, 2.75) is 32.3 Å². The zero-order valence-electron chi connectivity index (χ0n) is 14.0. The molecule has 0 aliphatic rings. The zero-order valence-corrected chi connectivity index (χ0v) is 14.0. The van der Waals surface area contributed by atoms with Crippen LogP contribution in [0.15, 0.2) is 60.7 Å². The fraction of sp³-hybridized carbons (Fsp3) is 0.300. The molecule has 0 saturated carbocycles. The van der Waals surface area contributed by atoms with Crippen LogP contribution in [0.5, 0.6) is 0 Å². The van der Waals surface area contributed by atoms with Gasteiger partial charge in [-0.15, -0.1) is 0 Å². The molecule has 0 bridgehead atoms. The second-order valence-electron chi connectivity index (χ2n) is 5.81. The lowest BCUT2D eigenvalue weighted by Crippen LogP contribution is -2.33. The van der Waals surface area contributed by atoms with Crippen molar-refractivity contribution in [3.05, 3.63) is 71.8 Å². The molecule has 4 heteroatoms. The van der Waals surface area contributed by atoms with Crippen LogP contribution in [0.2, 0.25) is 0 Å². The molecule has 0 spiro atoms. The van der Waals surface area contributed by atoms with Gasteiger partial charge < -0.3 is 9.47 Å². The first-order chi connectivity index (χ1) is 11.5. The molecule has 0 heterocycles. The lowest BCUT2D eigenvalue weighted by molar-refractivity contribution is -0.0250. The van der Waals surface area contributed by atoms with E-state index in [4.69, 9.17) is 9.47 Å². The highest BCUT2D eigenvalue weighted by Gasteiger charge is 2.27. The van der Waals surface area contributed by atoms with Crippen LogP contribution in [-0.2, 0) is 9.47 Å². The van der Waals surface area contributed by atoms with Crippen molar-refractivity contribution in [2.75, 3.05) is 6.61 Å². The summed E-state index contributed by atoms with van der Waals surface area (Å²) in [6.07, 6.45) is 1.08. The highest BCUT2D eigenvalue weighted by atomic mass is 16.6. The van der Waals surface area contributed by atoms with Crippen LogP contribution >= 0.6 is 0 Å². The van der Waals surface area contributed by atoms with E-state index in [1.54, 1.807) is 48.5 Å². The molecule has 0 radical (unpaired) electrons. The number of rotatable bonds is 7. The van der Waals surface area contributed by atoms with E-state index in [0.29, 0.717) is 24.0 Å². The lowest BCUT2D eigenvalue weighted by Gasteiger charge is -2.28. The van der Waals surface area contributed by atoms with E-state index < -0.39 is 5.60 Å². The van der Waals surface area contributed by atoms with Crippen molar-refractivity contribution in [3.8, 4) is 0 Å². The van der Waals surface area contributed by atoms with Crippen molar-refractivity contribution < 1.29 is 19.1 Å². The van der Waals surface area contributed by atoms with Gasteiger partial charge in [0.25, 0.3) is 0 Å². The van der Waals surface area contributed by atoms with Crippen molar-refractivity contribution in [1.82, 2.24) is 0 Å². The van der Waals surface area contributed by atoms with Crippen LogP contribution in [0.25, 0.3) is 0 Å². The molecule has 126 valence electrons. The normalized spacial score (nSPS) is 12.9. The second kappa shape index (κ2) is 8.29. The molecule has 0 fully saturated rings. The zero-order chi connectivity index (χ0) is 17.4. The lowest BCUT2D eigenvalue weighted by atomic mass is 9.99. The van der Waals surface area contributed by atoms with Gasteiger partial charge in [-0.1, -0.05) is 43.3 Å². The monoisotopic (exact) mass is 326 g/mol. The minimum atomic E-state index is -0.677. The summed E-state index contributed by atoms with van der Waals surface area (Å²) in [6, 6.07) is 17.7. The Morgan fingerprint density at radius 1 is 0.875 bits per heavy atom. The first-order valence-corrected chi connectivity index (χ1v) is 8.04. The van der Waals surface area contributed by atoms with Crippen LogP contribution in [0, 0.1) is 0 Å². The van der Waals surface area contributed by atoms with Crippen LogP contribution in [0.1, 0.15) is 47.4 Å². The number of ether oxygens (including phenoxy) is 2. The molecular formula is C20H22O4. The summed E-state index contributed by atoms with van der Waals surface area (Å²) in [5.74, 6) is -0.738. The third-order valence-electron chi connectivity index (χ3n) is 3.97. The molecule has 2 rings (SSSR count). The van der Waals surface area contributed by atoms with Crippen LogP contribution < -0.4 is 0 Å². The summed E-state index contributed by atoms with van der Waals surface area (Å²) in [5.41, 5.74) is 0.347. The fourth-order valence-electron chi connectivity index (χ4n) is 2.17. The van der Waals surface area contributed by atoms with Gasteiger partial charge in [0.1, 0.15) is 5.60 Å². The van der Waals surface area contributed by atoms with Gasteiger partial charge in [-0.2, -0.15) is 0 Å². The Balaban J connectivity index is 1.88. The van der Waals surface area contributed by atoms with Crippen molar-refractivity contribution in [2.24, 2.45) is 0 Å². The molecular weight excluding hydrogens is 304 g/mol. The quantitative estimate of drug-likeness (QED) is 0.713. The van der Waals surface area contributed by atoms with E-state index in [1.807, 2.05) is 26.0 Å². The van der Waals surface area contributed by atoms with Crippen LogP contribution in [-0.4, -0.2) is 24.1 Å². The number of benzene rings is 2. The maximum atomic E-state index is 12.2. The van der Waals surface area contributed by atoms with Gasteiger partial charge in [-0.25, -0.2) is 9.59 Å². The molecule has 0 saturated heterocycles. The number of hydrogen-bond acceptors (Lipinski definition) is 4. The van der Waals surface area contributed by atoms with Gasteiger partial charge in [-0.05, 0) is 37.6 Å². The van der Waals surface area contributed by atoms with Gasteiger partial charge in [0.05, 0.1) is 17.7 Å². The molecule has 0 aromatic heterocycles. The molecule has 24 heavy (non-hydrogen) atoms. The number of hydrogen-bond donors (Lipinski definition) is 0. The average molecular weight is 326 g/mol. The van der Waals surface area contributed by atoms with Gasteiger partial charge in [0.2, 0.25) is 0 Å². The van der Waals surface area contributed by atoms with E-state index in [0.717, 1.165) is 0 Å². The Bertz CT molecular complexity index is 667. The van der Waals surface area contributed by atoms with Gasteiger partial charge in [0.15, 0.2) is 0 Å². The van der Waals surface area contributed by atoms with Gasteiger partial charge >= 0.3 is 11.9 Å². The highest BCUT2D eigenvalue weighted by molar-refractivity contribution is 5.90. The summed E-state index contributed by atoms with van der Waals surface area (Å²) in [5, 5.41) is 0. The van der Waals surface area contributed by atoms with Crippen LogP contribution in [0.4, 0.5) is 0 Å². The minimum absolute atomic E-state index is 0.195. The molecule has 2 aromatic rings. The topological polar surface area (TPSA) is 52.6 Å². The molecule has 1 atom stereocenters. The maximum absolute atomic E-state index is 12.2. The molecule has 1 unspecified atom stereocenters. The Morgan fingerprint density at radius 3 is 1.88 bits per heavy atom. The van der Waals surface area contributed by atoms with Crippen LogP contribution in [0.3, 0.4) is 0 Å². The Morgan fingerprint density at radius 2 is 1.38 bits per heavy atom. The highest BCUT2D eigenvalue weighted by Crippen LogP contribution is 2.22. The molecule has 0 aliphatic carbocycles. The van der Waals surface area contributed by atoms with Crippen molar-refractivity contribution >= 4 is 11.9 Å². The van der Waals surface area contributed by atoms with Gasteiger partial charge in [-0.3, -0.25) is 0 Å². The maximum Gasteiger partial charge on any atom is 0.338 e. The molecule has 0 aliphatic heterocycles. The average Bonchev–Trinajstić information content (AvgIpc) is 2.63. The molecule has 2 aromatic carbocycles. The summed E-state index contributed by atoms with van der Waals surface area (Å²) in [4.78, 5) is 24.1. The Kier molecular flexibility index (Phi) is 6.13. The second-order valence-corrected chi connectivity index (χ2v) is 5.81. The minimum Gasteiger partial charge on any atom is -0.462 e. The molecule has 4 nitrogen and oxygen atoms in total. The Labute approximate surface area is 142 Å². The SMILES string of the molecule is CCC(C)(CCOC(=O)c1ccccc1)OC(=O)c1ccccc1. The first-order valence-electron chi connectivity index (χ1n) is 8.04. The summed E-state index contributed by atoms with van der Waals surface area (Å²) < 4.78 is 10.9. The molecule has 0 amide bonds. The molecule has 0 N–H and O–H groups in total. The van der Waals surface area contributed by atoms with Gasteiger partial charge in [0, 0.05) is 6.42 Å². The largest absolute Gasteiger partial charge is 0.462 e. The van der Waals surface area contributed by atoms with E-state index in [-0.39, 0.29) is 18.5 Å². The fourth-order valence-corrected chi connectivity index (χ4v) is 2.17. The summed E-state index contributed by atoms with van der Waals surface area (Å²) >= 11 is 0. The van der Waals surface area contributed by atoms with E-state index >= 15 is 0 Å². The van der Waals surface area contributed by atoms with E-state index in [2.05, 4.69) is 0 Å². The third kappa shape index (κ3) is 4.95. The van der Waals surface area contributed by atoms with E-state index in [1.165, 1.54) is 0 Å². The number of esters is 2. The summed E-state index contributed by atoms with van der Waals surface area (Å²) in [6.45, 7) is 3.99. The van der Waals surface area contributed by atoms with Crippen molar-refractivity contribution in [3.63, 3.8) is 0 Å². The standard InChI is InChI=1S/C20H22O4/c1-3-20(2,24-19(22)17-12-8-5-9-13-17)14-15-23-18(21)16-10-6-4-7-11-16/h4-13H,3,14-15H2,1-2H3. The third-order valence-corrected chi connectivity index (χ3v) is 3.97. The first kappa shape index (κ1) is 17.7. The van der Waals surface area contributed by atoms with Crippen molar-refractivity contribution in [1.29, 1.82) is 0 Å². The number of carbonyl (C=O) groups is 2. The Hall–Kier alpha value is -2.62. The predicted octanol–water partition coefficient (Wildman–Crippen LogP) is 4.26. The number of carbonyl (C=O) groups excluding carboxylic acids is 2. The summed E-state index contributed by atoms with van der Waals surface area (Å²) in [7, 11) is 0.